The lowest BCUT2D eigenvalue weighted by Crippen LogP contribution is -2.25. The predicted octanol–water partition coefficient (Wildman–Crippen LogP) is 3.50. The van der Waals surface area contributed by atoms with E-state index in [9.17, 15) is 0 Å². The minimum absolute atomic E-state index is 0.415. The van der Waals surface area contributed by atoms with Gasteiger partial charge in [-0.15, -0.1) is 0 Å². The highest BCUT2D eigenvalue weighted by molar-refractivity contribution is 5.48. The third-order valence-electron chi connectivity index (χ3n) is 4.44. The van der Waals surface area contributed by atoms with Gasteiger partial charge in [-0.2, -0.15) is 0 Å². The molecular formula is C19H26N4. The highest BCUT2D eigenvalue weighted by Gasteiger charge is 2.28. The van der Waals surface area contributed by atoms with E-state index >= 15 is 0 Å². The fourth-order valence-electron chi connectivity index (χ4n) is 3.37. The number of anilines is 1. The fourth-order valence-corrected chi connectivity index (χ4v) is 3.37. The van der Waals surface area contributed by atoms with Crippen molar-refractivity contribution in [1.82, 2.24) is 14.9 Å². The Bertz CT molecular complexity index is 664. The highest BCUT2D eigenvalue weighted by Crippen LogP contribution is 2.36. The van der Waals surface area contributed by atoms with Crippen LogP contribution < -0.4 is 4.90 Å². The number of hydrogen-bond donors (Lipinski definition) is 0. The molecule has 1 fully saturated rings. The summed E-state index contributed by atoms with van der Waals surface area (Å²) in [7, 11) is 4.21. The van der Waals surface area contributed by atoms with Crippen LogP contribution in [0.4, 0.5) is 5.82 Å². The van der Waals surface area contributed by atoms with E-state index in [0.29, 0.717) is 6.04 Å². The van der Waals surface area contributed by atoms with Gasteiger partial charge < -0.3 is 9.80 Å². The van der Waals surface area contributed by atoms with Gasteiger partial charge in [0.25, 0.3) is 0 Å². The smallest absolute Gasteiger partial charge is 0.150 e. The Kier molecular flexibility index (Phi) is 4.62. The SMILES string of the molecule is Cc1cnc(C)c(N2CCCC2c2ccc(CN(C)C)cc2)n1. The normalized spacial score (nSPS) is 18.0. The van der Waals surface area contributed by atoms with Crippen LogP contribution in [0.25, 0.3) is 0 Å². The lowest BCUT2D eigenvalue weighted by molar-refractivity contribution is 0.402. The molecule has 1 aromatic heterocycles. The van der Waals surface area contributed by atoms with E-state index in [0.717, 1.165) is 30.3 Å². The Hall–Kier alpha value is -1.94. The van der Waals surface area contributed by atoms with Crippen molar-refractivity contribution in [2.75, 3.05) is 25.5 Å². The molecule has 122 valence electrons. The van der Waals surface area contributed by atoms with Crippen LogP contribution in [0.3, 0.4) is 0 Å². The maximum atomic E-state index is 4.74. The van der Waals surface area contributed by atoms with Gasteiger partial charge in [-0.25, -0.2) is 4.98 Å². The number of hydrogen-bond acceptors (Lipinski definition) is 4. The van der Waals surface area contributed by atoms with E-state index in [2.05, 4.69) is 60.1 Å². The summed E-state index contributed by atoms with van der Waals surface area (Å²) in [6.45, 7) is 6.11. The topological polar surface area (TPSA) is 32.3 Å². The molecule has 0 saturated carbocycles. The molecule has 0 amide bonds. The van der Waals surface area contributed by atoms with Gasteiger partial charge in [0.05, 0.1) is 17.4 Å². The molecule has 1 aliphatic rings. The standard InChI is InChI=1S/C19H26N4/c1-14-12-20-15(2)19(21-14)23-11-5-6-18(23)17-9-7-16(8-10-17)13-22(3)4/h7-10,12,18H,5-6,11,13H2,1-4H3. The second kappa shape index (κ2) is 6.67. The molecule has 0 aliphatic carbocycles. The maximum Gasteiger partial charge on any atom is 0.150 e. The number of aryl methyl sites for hydroxylation is 2. The summed E-state index contributed by atoms with van der Waals surface area (Å²) >= 11 is 0. The first kappa shape index (κ1) is 15.9. The van der Waals surface area contributed by atoms with Crippen LogP contribution in [-0.4, -0.2) is 35.5 Å². The fraction of sp³-hybridized carbons (Fsp3) is 0.474. The molecule has 3 rings (SSSR count). The monoisotopic (exact) mass is 310 g/mol. The average molecular weight is 310 g/mol. The van der Waals surface area contributed by atoms with Crippen LogP contribution in [0, 0.1) is 13.8 Å². The summed E-state index contributed by atoms with van der Waals surface area (Å²) < 4.78 is 0. The molecule has 0 bridgehead atoms. The summed E-state index contributed by atoms with van der Waals surface area (Å²) in [6.07, 6.45) is 4.24. The number of nitrogens with zero attached hydrogens (tertiary/aromatic N) is 4. The van der Waals surface area contributed by atoms with Crippen molar-refractivity contribution >= 4 is 5.82 Å². The third-order valence-corrected chi connectivity index (χ3v) is 4.44. The van der Waals surface area contributed by atoms with Gasteiger partial charge in [-0.1, -0.05) is 24.3 Å². The van der Waals surface area contributed by atoms with E-state index in [4.69, 9.17) is 4.98 Å². The van der Waals surface area contributed by atoms with Gasteiger partial charge in [-0.3, -0.25) is 4.98 Å². The van der Waals surface area contributed by atoms with Crippen LogP contribution in [0.2, 0.25) is 0 Å². The van der Waals surface area contributed by atoms with Crippen LogP contribution in [0.15, 0.2) is 30.5 Å². The van der Waals surface area contributed by atoms with Gasteiger partial charge >= 0.3 is 0 Å². The van der Waals surface area contributed by atoms with E-state index < -0.39 is 0 Å². The largest absolute Gasteiger partial charge is 0.348 e. The van der Waals surface area contributed by atoms with E-state index in [1.54, 1.807) is 0 Å². The van der Waals surface area contributed by atoms with Crippen LogP contribution >= 0.6 is 0 Å². The highest BCUT2D eigenvalue weighted by atomic mass is 15.2. The van der Waals surface area contributed by atoms with Crippen molar-refractivity contribution in [3.63, 3.8) is 0 Å². The van der Waals surface area contributed by atoms with Gasteiger partial charge in [0.1, 0.15) is 0 Å². The van der Waals surface area contributed by atoms with Crippen LogP contribution in [-0.2, 0) is 6.54 Å². The van der Waals surface area contributed by atoms with E-state index in [1.807, 2.05) is 13.1 Å². The first-order valence-corrected chi connectivity index (χ1v) is 8.35. The molecule has 0 N–H and O–H groups in total. The Morgan fingerprint density at radius 1 is 1.17 bits per heavy atom. The molecule has 1 unspecified atom stereocenters. The molecule has 4 heteroatoms. The van der Waals surface area contributed by atoms with Gasteiger partial charge in [0.15, 0.2) is 5.82 Å². The van der Waals surface area contributed by atoms with Crippen molar-refractivity contribution in [1.29, 1.82) is 0 Å². The van der Waals surface area contributed by atoms with Crippen molar-refractivity contribution in [3.8, 4) is 0 Å². The molecule has 23 heavy (non-hydrogen) atoms. The quantitative estimate of drug-likeness (QED) is 0.865. The molecule has 1 aromatic carbocycles. The Morgan fingerprint density at radius 2 is 1.91 bits per heavy atom. The Balaban J connectivity index is 1.85. The van der Waals surface area contributed by atoms with E-state index in [1.165, 1.54) is 24.0 Å². The minimum atomic E-state index is 0.415. The zero-order valence-electron chi connectivity index (χ0n) is 14.6. The summed E-state index contributed by atoms with van der Waals surface area (Å²) in [4.78, 5) is 13.9. The van der Waals surface area contributed by atoms with Crippen LogP contribution in [0.1, 0.15) is 41.4 Å². The zero-order valence-corrected chi connectivity index (χ0v) is 14.6. The molecule has 1 aliphatic heterocycles. The van der Waals surface area contributed by atoms with Gasteiger partial charge in [-0.05, 0) is 51.9 Å². The lowest BCUT2D eigenvalue weighted by Gasteiger charge is -2.27. The number of aromatic nitrogens is 2. The molecule has 0 radical (unpaired) electrons. The lowest BCUT2D eigenvalue weighted by atomic mass is 10.0. The van der Waals surface area contributed by atoms with Crippen LogP contribution in [0.5, 0.6) is 0 Å². The second-order valence-electron chi connectivity index (χ2n) is 6.75. The van der Waals surface area contributed by atoms with Gasteiger partial charge in [0, 0.05) is 19.3 Å². The molecule has 1 saturated heterocycles. The average Bonchev–Trinajstić information content (AvgIpc) is 2.99. The number of benzene rings is 1. The molecule has 2 aromatic rings. The number of rotatable bonds is 4. The molecule has 1 atom stereocenters. The second-order valence-corrected chi connectivity index (χ2v) is 6.75. The summed E-state index contributed by atoms with van der Waals surface area (Å²) in [5.41, 5.74) is 4.74. The van der Waals surface area contributed by atoms with Crippen molar-refractivity contribution in [2.24, 2.45) is 0 Å². The third kappa shape index (κ3) is 3.53. The predicted molar refractivity (Wildman–Crippen MR) is 94.7 cm³/mol. The maximum absolute atomic E-state index is 4.74. The minimum Gasteiger partial charge on any atom is -0.348 e. The summed E-state index contributed by atoms with van der Waals surface area (Å²) in [6, 6.07) is 9.47. The Morgan fingerprint density at radius 3 is 2.61 bits per heavy atom. The Labute approximate surface area is 139 Å². The van der Waals surface area contributed by atoms with Crippen molar-refractivity contribution in [2.45, 2.75) is 39.3 Å². The molecular weight excluding hydrogens is 284 g/mol. The summed E-state index contributed by atoms with van der Waals surface area (Å²) in [5, 5.41) is 0. The molecule has 2 heterocycles. The molecule has 4 nitrogen and oxygen atoms in total. The first-order valence-electron chi connectivity index (χ1n) is 8.35. The zero-order chi connectivity index (χ0) is 16.4. The van der Waals surface area contributed by atoms with Crippen molar-refractivity contribution in [3.05, 3.63) is 53.0 Å². The van der Waals surface area contributed by atoms with E-state index in [-0.39, 0.29) is 0 Å². The van der Waals surface area contributed by atoms with Gasteiger partial charge in [0.2, 0.25) is 0 Å². The molecule has 0 spiro atoms. The first-order chi connectivity index (χ1) is 11.0. The van der Waals surface area contributed by atoms with Crippen molar-refractivity contribution < 1.29 is 0 Å². The summed E-state index contributed by atoms with van der Waals surface area (Å²) in [5.74, 6) is 1.05.